The molecule has 83 heavy (non-hydrogen) atoms. The maximum Gasteiger partial charge on any atom is 0.220 e. The van der Waals surface area contributed by atoms with Crippen molar-refractivity contribution in [2.75, 3.05) is 26.4 Å². The molecule has 0 aromatic carbocycles. The van der Waals surface area contributed by atoms with Gasteiger partial charge in [-0.1, -0.05) is 204 Å². The maximum atomic E-state index is 13.4. The topological polar surface area (TPSA) is 307 Å². The average Bonchev–Trinajstić information content (AvgIpc) is 3.18. The van der Waals surface area contributed by atoms with Crippen molar-refractivity contribution in [3.63, 3.8) is 0 Å². The number of hydrogen-bond donors (Lipinski definition) is 12. The number of hydrogen-bond acceptors (Lipinski definition) is 18. The van der Waals surface area contributed by atoms with Gasteiger partial charge in [-0.25, -0.2) is 0 Å². The standard InChI is InChI=1S/C64H117NO18/c1-3-5-7-9-11-13-15-17-19-20-21-22-23-24-25-26-28-30-32-34-36-38-40-42-52(70)65-47(48(69)41-39-37-35-33-31-29-27-18-16-14-12-10-8-6-4-2)46-78-62-58(76)55(73)60(50(44-67)80-62)83-64-59(77)56(74)61(51(45-68)81-64)82-63-57(75)54(72)53(71)49(43-66)79-63/h20-21,31,33,39,41,47-51,53-64,66-69,71-77H,3-19,22-30,32,34-38,40,42-46H2,1-2H3,(H,65,70)/b21-20-,33-31+,41-39+. The summed E-state index contributed by atoms with van der Waals surface area (Å²) in [5, 5.41) is 120. The molecule has 0 aromatic rings. The lowest BCUT2D eigenvalue weighted by molar-refractivity contribution is -0.379. The Labute approximate surface area is 498 Å². The Morgan fingerprint density at radius 3 is 1.20 bits per heavy atom. The molecule has 3 aliphatic rings. The van der Waals surface area contributed by atoms with E-state index in [9.17, 15) is 61.0 Å². The molecule has 3 saturated heterocycles. The lowest BCUT2D eigenvalue weighted by Crippen LogP contribution is -2.66. The highest BCUT2D eigenvalue weighted by Crippen LogP contribution is 2.33. The van der Waals surface area contributed by atoms with Crippen molar-refractivity contribution in [2.45, 2.75) is 336 Å². The van der Waals surface area contributed by atoms with Gasteiger partial charge in [0.05, 0.1) is 38.6 Å². The van der Waals surface area contributed by atoms with Gasteiger partial charge in [0, 0.05) is 6.42 Å². The fraction of sp³-hybridized carbons (Fsp3) is 0.891. The van der Waals surface area contributed by atoms with Crippen LogP contribution in [0.2, 0.25) is 0 Å². The van der Waals surface area contributed by atoms with Gasteiger partial charge in [0.25, 0.3) is 0 Å². The molecule has 0 bridgehead atoms. The number of allylic oxidation sites excluding steroid dienone is 5. The molecule has 3 fully saturated rings. The van der Waals surface area contributed by atoms with Crippen molar-refractivity contribution in [3.05, 3.63) is 36.5 Å². The largest absolute Gasteiger partial charge is 0.394 e. The van der Waals surface area contributed by atoms with Crippen LogP contribution >= 0.6 is 0 Å². The molecule has 1 amide bonds. The third kappa shape index (κ3) is 30.2. The third-order valence-electron chi connectivity index (χ3n) is 16.4. The van der Waals surface area contributed by atoms with E-state index < -0.39 is 124 Å². The SMILES string of the molecule is CCCCCCCCCC/C=C\CCCCCCCCCCCCCC(=O)NC(COC1OC(CO)C(OC2OC(CO)C(OC3OC(CO)C(O)C(O)C3O)C(O)C2O)C(O)C1O)C(O)/C=C/CC/C=C/CCCCCCCCCCC. The van der Waals surface area contributed by atoms with E-state index in [0.29, 0.717) is 12.8 Å². The minimum Gasteiger partial charge on any atom is -0.394 e. The Kier molecular flexibility index (Phi) is 42.7. The Morgan fingerprint density at radius 1 is 0.422 bits per heavy atom. The quantitative estimate of drug-likeness (QED) is 0.0211. The Morgan fingerprint density at radius 2 is 0.771 bits per heavy atom. The van der Waals surface area contributed by atoms with Crippen LogP contribution in [0.25, 0.3) is 0 Å². The van der Waals surface area contributed by atoms with E-state index in [4.69, 9.17) is 28.4 Å². The lowest BCUT2D eigenvalue weighted by Gasteiger charge is -2.48. The number of aliphatic hydroxyl groups is 11. The highest BCUT2D eigenvalue weighted by atomic mass is 16.8. The van der Waals surface area contributed by atoms with Crippen molar-refractivity contribution in [3.8, 4) is 0 Å². The van der Waals surface area contributed by atoms with Crippen molar-refractivity contribution >= 4 is 5.91 Å². The first-order valence-corrected chi connectivity index (χ1v) is 32.7. The molecular weight excluding hydrogens is 1070 g/mol. The van der Waals surface area contributed by atoms with Gasteiger partial charge in [-0.15, -0.1) is 0 Å². The monoisotopic (exact) mass is 1190 g/mol. The summed E-state index contributed by atoms with van der Waals surface area (Å²) >= 11 is 0. The van der Waals surface area contributed by atoms with Crippen LogP contribution in [0.5, 0.6) is 0 Å². The molecular formula is C64H117NO18. The first-order valence-electron chi connectivity index (χ1n) is 32.7. The van der Waals surface area contributed by atoms with Gasteiger partial charge in [0.2, 0.25) is 5.91 Å². The minimum atomic E-state index is -1.98. The molecule has 3 heterocycles. The fourth-order valence-electron chi connectivity index (χ4n) is 11.0. The predicted molar refractivity (Wildman–Crippen MR) is 319 cm³/mol. The number of nitrogens with one attached hydrogen (secondary N) is 1. The minimum absolute atomic E-state index is 0.236. The van der Waals surface area contributed by atoms with E-state index in [1.165, 1.54) is 161 Å². The smallest absolute Gasteiger partial charge is 0.220 e. The molecule has 0 saturated carbocycles. The van der Waals surface area contributed by atoms with Crippen LogP contribution in [0, 0.1) is 0 Å². The molecule has 19 nitrogen and oxygen atoms in total. The Balaban J connectivity index is 1.46. The highest BCUT2D eigenvalue weighted by molar-refractivity contribution is 5.76. The van der Waals surface area contributed by atoms with Crippen LogP contribution in [-0.2, 0) is 33.2 Å². The third-order valence-corrected chi connectivity index (χ3v) is 16.4. The second-order valence-electron chi connectivity index (χ2n) is 23.6. The van der Waals surface area contributed by atoms with Crippen LogP contribution in [0.1, 0.15) is 232 Å². The predicted octanol–water partition coefficient (Wildman–Crippen LogP) is 7.27. The van der Waals surface area contributed by atoms with E-state index in [1.807, 2.05) is 6.08 Å². The molecule has 0 spiro atoms. The summed E-state index contributed by atoms with van der Waals surface area (Å²) in [7, 11) is 0. The van der Waals surface area contributed by atoms with E-state index in [0.717, 1.165) is 38.5 Å². The van der Waals surface area contributed by atoms with E-state index in [1.54, 1.807) is 6.08 Å². The number of amides is 1. The summed E-state index contributed by atoms with van der Waals surface area (Å²) in [6.45, 7) is 1.71. The number of ether oxygens (including phenoxy) is 6. The van der Waals surface area contributed by atoms with Crippen LogP contribution in [0.3, 0.4) is 0 Å². The number of carbonyl (C=O) groups is 1. The normalized spacial score (nSPS) is 29.6. The summed E-state index contributed by atoms with van der Waals surface area (Å²) in [5.74, 6) is -0.286. The highest BCUT2D eigenvalue weighted by Gasteiger charge is 2.53. The van der Waals surface area contributed by atoms with Crippen LogP contribution in [0.4, 0.5) is 0 Å². The zero-order valence-electron chi connectivity index (χ0n) is 50.9. The first kappa shape index (κ1) is 75.3. The fourth-order valence-corrected chi connectivity index (χ4v) is 11.0. The molecule has 0 aromatic heterocycles. The summed E-state index contributed by atoms with van der Waals surface area (Å²) in [4.78, 5) is 13.4. The summed E-state index contributed by atoms with van der Waals surface area (Å²) in [5.41, 5.74) is 0. The molecule has 12 N–H and O–H groups in total. The zero-order chi connectivity index (χ0) is 60.5. The molecule has 0 radical (unpaired) electrons. The van der Waals surface area contributed by atoms with Crippen LogP contribution in [-0.4, -0.2) is 193 Å². The van der Waals surface area contributed by atoms with Gasteiger partial charge in [-0.05, 0) is 57.8 Å². The van der Waals surface area contributed by atoms with Crippen LogP contribution < -0.4 is 5.32 Å². The van der Waals surface area contributed by atoms with Gasteiger partial charge in [0.1, 0.15) is 73.2 Å². The summed E-state index contributed by atoms with van der Waals surface area (Å²) in [6.07, 6.45) is 25.5. The number of aliphatic hydroxyl groups excluding tert-OH is 11. The van der Waals surface area contributed by atoms with Crippen molar-refractivity contribution in [1.29, 1.82) is 0 Å². The zero-order valence-corrected chi connectivity index (χ0v) is 50.9. The van der Waals surface area contributed by atoms with Gasteiger partial charge in [-0.2, -0.15) is 0 Å². The summed E-state index contributed by atoms with van der Waals surface area (Å²) in [6, 6.07) is -0.989. The van der Waals surface area contributed by atoms with Gasteiger partial charge in [-0.3, -0.25) is 4.79 Å². The second-order valence-corrected chi connectivity index (χ2v) is 23.6. The van der Waals surface area contributed by atoms with E-state index >= 15 is 0 Å². The first-order chi connectivity index (χ1) is 40.3. The molecule has 0 aliphatic carbocycles. The van der Waals surface area contributed by atoms with Crippen LogP contribution in [0.15, 0.2) is 36.5 Å². The van der Waals surface area contributed by atoms with Gasteiger partial charge in [0.15, 0.2) is 18.9 Å². The number of unbranched alkanes of at least 4 members (excludes halogenated alkanes) is 29. The number of rotatable bonds is 49. The average molecular weight is 1190 g/mol. The molecule has 3 aliphatic heterocycles. The Hall–Kier alpha value is -1.99. The molecule has 486 valence electrons. The van der Waals surface area contributed by atoms with Gasteiger partial charge < -0.3 is 89.9 Å². The second kappa shape index (κ2) is 47.1. The van der Waals surface area contributed by atoms with Crippen molar-refractivity contribution < 1.29 is 89.4 Å². The van der Waals surface area contributed by atoms with Crippen molar-refractivity contribution in [2.24, 2.45) is 0 Å². The molecule has 19 heteroatoms. The Bertz CT molecular complexity index is 1660. The number of carbonyl (C=O) groups excluding carboxylic acids is 1. The maximum absolute atomic E-state index is 13.4. The molecule has 17 atom stereocenters. The van der Waals surface area contributed by atoms with E-state index in [2.05, 4.69) is 43.5 Å². The van der Waals surface area contributed by atoms with Crippen molar-refractivity contribution in [1.82, 2.24) is 5.32 Å². The lowest BCUT2D eigenvalue weighted by atomic mass is 9.96. The molecule has 3 rings (SSSR count). The van der Waals surface area contributed by atoms with E-state index in [-0.39, 0.29) is 18.9 Å². The molecule has 17 unspecified atom stereocenters. The summed E-state index contributed by atoms with van der Waals surface area (Å²) < 4.78 is 34.3. The van der Waals surface area contributed by atoms with Gasteiger partial charge >= 0.3 is 0 Å².